The molecule has 0 spiro atoms. The number of hydrogen-bond acceptors (Lipinski definition) is 4. The van der Waals surface area contributed by atoms with E-state index in [0.29, 0.717) is 27.3 Å². The Morgan fingerprint density at radius 3 is 2.50 bits per heavy atom. The van der Waals surface area contributed by atoms with Crippen LogP contribution in [0.4, 0.5) is 11.4 Å². The molecule has 0 radical (unpaired) electrons. The van der Waals surface area contributed by atoms with E-state index in [2.05, 4.69) is 22.2 Å². The molecule has 3 aromatic rings. The highest BCUT2D eigenvalue weighted by Gasteiger charge is 2.17. The maximum absolute atomic E-state index is 12.4. The van der Waals surface area contributed by atoms with E-state index in [9.17, 15) is 4.79 Å². The number of carbonyl (C=O) groups is 1. The number of nitrogens with one attached hydrogen (secondary N) is 1. The van der Waals surface area contributed by atoms with Crippen molar-refractivity contribution < 1.29 is 9.21 Å². The number of hydrogen-bond donors (Lipinski definition) is 1. The van der Waals surface area contributed by atoms with Gasteiger partial charge in [0, 0.05) is 48.5 Å². The van der Waals surface area contributed by atoms with Crippen LogP contribution in [0.5, 0.6) is 0 Å². The minimum Gasteiger partial charge on any atom is -0.457 e. The molecule has 0 bridgehead atoms. The van der Waals surface area contributed by atoms with Crippen molar-refractivity contribution >= 4 is 46.6 Å². The number of aryl methyl sites for hydroxylation is 1. The molecule has 0 unspecified atom stereocenters. The van der Waals surface area contributed by atoms with Crippen molar-refractivity contribution in [3.8, 4) is 11.3 Å². The highest BCUT2D eigenvalue weighted by molar-refractivity contribution is 6.33. The third-order valence-corrected chi connectivity index (χ3v) is 6.25. The van der Waals surface area contributed by atoms with Crippen LogP contribution in [0.3, 0.4) is 0 Å². The highest BCUT2D eigenvalue weighted by atomic mass is 35.5. The number of piperazine rings is 1. The zero-order valence-electron chi connectivity index (χ0n) is 18.1. The quantitative estimate of drug-likeness (QED) is 0.467. The van der Waals surface area contributed by atoms with E-state index in [1.54, 1.807) is 12.1 Å². The molecule has 166 valence electrons. The zero-order valence-corrected chi connectivity index (χ0v) is 19.6. The molecule has 2 aromatic carbocycles. The van der Waals surface area contributed by atoms with Crippen LogP contribution in [0.2, 0.25) is 10.0 Å². The first-order chi connectivity index (χ1) is 15.4. The van der Waals surface area contributed by atoms with E-state index in [-0.39, 0.29) is 5.91 Å². The standard InChI is InChI=1S/C25H25Cl2N3O2/c1-17-3-4-18(15-21(17)26)24-9-6-20(32-24)7-10-25(31)28-19-5-8-23(22(27)16-19)30-13-11-29(2)12-14-30/h3-10,15-16H,11-14H2,1-2H3,(H,28,31)/b10-7+. The number of carbonyl (C=O) groups excluding carboxylic acids is 1. The van der Waals surface area contributed by atoms with E-state index < -0.39 is 0 Å². The number of rotatable bonds is 5. The van der Waals surface area contributed by atoms with Gasteiger partial charge in [-0.3, -0.25) is 4.79 Å². The van der Waals surface area contributed by atoms with Crippen LogP contribution < -0.4 is 10.2 Å². The van der Waals surface area contributed by atoms with Crippen LogP contribution in [0, 0.1) is 6.92 Å². The molecule has 32 heavy (non-hydrogen) atoms. The molecular weight excluding hydrogens is 445 g/mol. The van der Waals surface area contributed by atoms with Gasteiger partial charge in [0.15, 0.2) is 0 Å². The maximum atomic E-state index is 12.4. The topological polar surface area (TPSA) is 48.7 Å². The number of nitrogens with zero attached hydrogens (tertiary/aromatic N) is 2. The minimum absolute atomic E-state index is 0.259. The van der Waals surface area contributed by atoms with Gasteiger partial charge in [0.25, 0.3) is 0 Å². The fourth-order valence-corrected chi connectivity index (χ4v) is 4.05. The molecule has 1 amide bonds. The van der Waals surface area contributed by atoms with Crippen LogP contribution in [0.15, 0.2) is 59.0 Å². The third-order valence-electron chi connectivity index (χ3n) is 5.54. The summed E-state index contributed by atoms with van der Waals surface area (Å²) in [5.41, 5.74) is 3.54. The van der Waals surface area contributed by atoms with Crippen LogP contribution in [0.25, 0.3) is 17.4 Å². The van der Waals surface area contributed by atoms with Gasteiger partial charge in [0.2, 0.25) is 5.91 Å². The van der Waals surface area contributed by atoms with Crippen molar-refractivity contribution in [2.75, 3.05) is 43.4 Å². The van der Waals surface area contributed by atoms with E-state index in [0.717, 1.165) is 43.0 Å². The summed E-state index contributed by atoms with van der Waals surface area (Å²) in [6.45, 7) is 5.83. The van der Waals surface area contributed by atoms with Crippen LogP contribution in [-0.4, -0.2) is 44.0 Å². The Hall–Kier alpha value is -2.73. The van der Waals surface area contributed by atoms with Crippen molar-refractivity contribution in [1.82, 2.24) is 4.90 Å². The Kier molecular flexibility index (Phi) is 6.89. The Morgan fingerprint density at radius 1 is 1.00 bits per heavy atom. The monoisotopic (exact) mass is 469 g/mol. The van der Waals surface area contributed by atoms with Gasteiger partial charge in [-0.15, -0.1) is 0 Å². The summed E-state index contributed by atoms with van der Waals surface area (Å²) in [6.07, 6.45) is 3.07. The summed E-state index contributed by atoms with van der Waals surface area (Å²) in [4.78, 5) is 16.9. The van der Waals surface area contributed by atoms with Gasteiger partial charge < -0.3 is 19.5 Å². The zero-order chi connectivity index (χ0) is 22.7. The van der Waals surface area contributed by atoms with E-state index in [1.165, 1.54) is 6.08 Å². The number of anilines is 2. The molecule has 0 atom stereocenters. The Labute approximate surface area is 198 Å². The summed E-state index contributed by atoms with van der Waals surface area (Å²) in [5, 5.41) is 4.16. The SMILES string of the molecule is Cc1ccc(-c2ccc(/C=C/C(=O)Nc3ccc(N4CCN(C)CC4)c(Cl)c3)o2)cc1Cl. The molecule has 0 aliphatic carbocycles. The number of halogens is 2. The molecule has 1 aromatic heterocycles. The van der Waals surface area contributed by atoms with Gasteiger partial charge in [0.05, 0.1) is 10.7 Å². The van der Waals surface area contributed by atoms with Gasteiger partial charge in [-0.2, -0.15) is 0 Å². The summed E-state index contributed by atoms with van der Waals surface area (Å²) >= 11 is 12.7. The van der Waals surface area contributed by atoms with Gasteiger partial charge in [0.1, 0.15) is 11.5 Å². The molecule has 1 aliphatic rings. The maximum Gasteiger partial charge on any atom is 0.248 e. The fraction of sp³-hybridized carbons (Fsp3) is 0.240. The summed E-state index contributed by atoms with van der Waals surface area (Å²) < 4.78 is 5.82. The molecule has 1 fully saturated rings. The van der Waals surface area contributed by atoms with Gasteiger partial charge in [-0.05, 0) is 62.0 Å². The lowest BCUT2D eigenvalue weighted by Crippen LogP contribution is -2.44. The third kappa shape index (κ3) is 5.36. The second-order valence-electron chi connectivity index (χ2n) is 7.95. The number of benzene rings is 2. The molecule has 5 nitrogen and oxygen atoms in total. The van der Waals surface area contributed by atoms with Crippen molar-refractivity contribution in [3.63, 3.8) is 0 Å². The minimum atomic E-state index is -0.259. The predicted molar refractivity (Wildman–Crippen MR) is 133 cm³/mol. The van der Waals surface area contributed by atoms with E-state index in [4.69, 9.17) is 27.6 Å². The molecule has 2 heterocycles. The van der Waals surface area contributed by atoms with Crippen molar-refractivity contribution in [3.05, 3.63) is 76.0 Å². The summed E-state index contributed by atoms with van der Waals surface area (Å²) in [6, 6.07) is 15.1. The first-order valence-corrected chi connectivity index (χ1v) is 11.2. The van der Waals surface area contributed by atoms with E-state index >= 15 is 0 Å². The Morgan fingerprint density at radius 2 is 1.78 bits per heavy atom. The normalized spacial score (nSPS) is 14.8. The van der Waals surface area contributed by atoms with Crippen LogP contribution in [-0.2, 0) is 4.79 Å². The molecular formula is C25H25Cl2N3O2. The lowest BCUT2D eigenvalue weighted by molar-refractivity contribution is -0.111. The average Bonchev–Trinajstić information content (AvgIpc) is 3.24. The lowest BCUT2D eigenvalue weighted by Gasteiger charge is -2.34. The first-order valence-electron chi connectivity index (χ1n) is 10.5. The average molecular weight is 470 g/mol. The highest BCUT2D eigenvalue weighted by Crippen LogP contribution is 2.30. The van der Waals surface area contributed by atoms with Gasteiger partial charge in [-0.25, -0.2) is 0 Å². The molecule has 4 rings (SSSR count). The Balaban J connectivity index is 1.38. The molecule has 1 saturated heterocycles. The van der Waals surface area contributed by atoms with Gasteiger partial charge in [-0.1, -0.05) is 35.3 Å². The second-order valence-corrected chi connectivity index (χ2v) is 8.76. The van der Waals surface area contributed by atoms with Crippen molar-refractivity contribution in [2.45, 2.75) is 6.92 Å². The number of furan rings is 1. The fourth-order valence-electron chi connectivity index (χ4n) is 3.57. The van der Waals surface area contributed by atoms with Crippen LogP contribution >= 0.6 is 23.2 Å². The van der Waals surface area contributed by atoms with E-state index in [1.807, 2.05) is 49.4 Å². The summed E-state index contributed by atoms with van der Waals surface area (Å²) in [7, 11) is 2.12. The number of likely N-dealkylation sites (N-methyl/N-ethyl adjacent to an activating group) is 1. The largest absolute Gasteiger partial charge is 0.457 e. The summed E-state index contributed by atoms with van der Waals surface area (Å²) in [5.74, 6) is 1.01. The molecule has 7 heteroatoms. The molecule has 1 N–H and O–H groups in total. The lowest BCUT2D eigenvalue weighted by atomic mass is 10.1. The van der Waals surface area contributed by atoms with Crippen molar-refractivity contribution in [2.24, 2.45) is 0 Å². The first kappa shape index (κ1) is 22.5. The smallest absolute Gasteiger partial charge is 0.248 e. The number of amides is 1. The van der Waals surface area contributed by atoms with Crippen molar-refractivity contribution in [1.29, 1.82) is 0 Å². The Bertz CT molecular complexity index is 1150. The second kappa shape index (κ2) is 9.82. The van der Waals surface area contributed by atoms with Crippen LogP contribution in [0.1, 0.15) is 11.3 Å². The predicted octanol–water partition coefficient (Wildman–Crippen LogP) is 5.97. The molecule has 1 aliphatic heterocycles. The molecule has 0 saturated carbocycles. The van der Waals surface area contributed by atoms with Gasteiger partial charge >= 0.3 is 0 Å².